The number of thioether (sulfide) groups is 1. The Hall–Kier alpha value is -0.450. The smallest absolute Gasteiger partial charge is 0.277 e. The van der Waals surface area contributed by atoms with Gasteiger partial charge in [-0.25, -0.2) is 0 Å². The van der Waals surface area contributed by atoms with E-state index in [0.29, 0.717) is 0 Å². The minimum atomic E-state index is -4.74. The number of alkyl halides is 3. The number of hydrogen-bond donors (Lipinski definition) is 0. The monoisotopic (exact) mass is 156 g/mol. The lowest BCUT2D eigenvalue weighted by molar-refractivity contribution is -0.160. The molecule has 1 nitrogen and oxygen atoms in total. The Morgan fingerprint density at radius 3 is 2.11 bits per heavy atom. The summed E-state index contributed by atoms with van der Waals surface area (Å²) in [5.41, 5.74) is 0. The maximum absolute atomic E-state index is 11.2. The lowest BCUT2D eigenvalue weighted by Gasteiger charge is -1.98. The minimum absolute atomic E-state index is 0.0382. The molecule has 0 aliphatic carbocycles. The van der Waals surface area contributed by atoms with E-state index in [0.717, 1.165) is 5.41 Å². The second kappa shape index (κ2) is 2.91. The summed E-state index contributed by atoms with van der Waals surface area (Å²) in [6.07, 6.45) is -4.74. The number of halogens is 3. The molecule has 0 radical (unpaired) electrons. The fourth-order valence-electron chi connectivity index (χ4n) is 0.143. The third kappa shape index (κ3) is 3.18. The third-order valence-electron chi connectivity index (χ3n) is 0.422. The summed E-state index contributed by atoms with van der Waals surface area (Å²) in [6, 6.07) is 0. The fourth-order valence-corrected chi connectivity index (χ4v) is 0.428. The molecule has 0 atom stereocenters. The van der Waals surface area contributed by atoms with Crippen LogP contribution < -0.4 is 0 Å². The van der Waals surface area contributed by atoms with Gasteiger partial charge in [0.15, 0.2) is 0 Å². The van der Waals surface area contributed by atoms with Crippen molar-refractivity contribution in [1.29, 1.82) is 0 Å². The predicted octanol–water partition coefficient (Wildman–Crippen LogP) is 1.95. The molecule has 0 heterocycles. The molecule has 0 aliphatic rings. The zero-order valence-corrected chi connectivity index (χ0v) is 5.05. The number of rotatable bonds is 1. The standard InChI is InChI=1S/C4H3F3OS/c1-2-9-3(8)4(5,6)7/h2H,1H2. The van der Waals surface area contributed by atoms with Crippen molar-refractivity contribution in [3.05, 3.63) is 12.0 Å². The Morgan fingerprint density at radius 1 is 1.56 bits per heavy atom. The van der Waals surface area contributed by atoms with E-state index in [1.54, 1.807) is 0 Å². The molecule has 9 heavy (non-hydrogen) atoms. The first-order valence-electron chi connectivity index (χ1n) is 1.87. The van der Waals surface area contributed by atoms with E-state index < -0.39 is 11.3 Å². The topological polar surface area (TPSA) is 17.1 Å². The maximum Gasteiger partial charge on any atom is 0.461 e. The van der Waals surface area contributed by atoms with E-state index in [1.165, 1.54) is 0 Å². The molecule has 0 aromatic rings. The van der Waals surface area contributed by atoms with E-state index in [-0.39, 0.29) is 11.8 Å². The van der Waals surface area contributed by atoms with Gasteiger partial charge in [-0.3, -0.25) is 4.79 Å². The molecule has 0 bridgehead atoms. The van der Waals surface area contributed by atoms with Crippen LogP contribution in [0.5, 0.6) is 0 Å². The largest absolute Gasteiger partial charge is 0.461 e. The van der Waals surface area contributed by atoms with Crippen LogP contribution in [0.1, 0.15) is 0 Å². The normalized spacial score (nSPS) is 11.0. The van der Waals surface area contributed by atoms with Gasteiger partial charge >= 0.3 is 6.18 Å². The van der Waals surface area contributed by atoms with Gasteiger partial charge in [-0.15, -0.1) is 0 Å². The van der Waals surface area contributed by atoms with Gasteiger partial charge in [-0.05, 0) is 5.41 Å². The Kier molecular flexibility index (Phi) is 2.76. The summed E-state index contributed by atoms with van der Waals surface area (Å²) in [5.74, 6) is 0. The molecule has 0 saturated carbocycles. The van der Waals surface area contributed by atoms with E-state index in [2.05, 4.69) is 6.58 Å². The summed E-state index contributed by atoms with van der Waals surface area (Å²) in [4.78, 5) is 9.83. The molecule has 0 unspecified atom stereocenters. The molecule has 5 heteroatoms. The van der Waals surface area contributed by atoms with Gasteiger partial charge in [0.25, 0.3) is 5.12 Å². The molecule has 0 aromatic heterocycles. The summed E-state index contributed by atoms with van der Waals surface area (Å²) in [7, 11) is 0. The van der Waals surface area contributed by atoms with Gasteiger partial charge in [-0.1, -0.05) is 18.3 Å². The van der Waals surface area contributed by atoms with Crippen molar-refractivity contribution in [2.24, 2.45) is 0 Å². The van der Waals surface area contributed by atoms with E-state index in [9.17, 15) is 18.0 Å². The first-order valence-corrected chi connectivity index (χ1v) is 2.75. The summed E-state index contributed by atoms with van der Waals surface area (Å²) < 4.78 is 33.7. The lowest BCUT2D eigenvalue weighted by Crippen LogP contribution is -2.18. The molecule has 0 aromatic carbocycles. The molecule has 0 spiro atoms. The highest BCUT2D eigenvalue weighted by Crippen LogP contribution is 2.23. The summed E-state index contributed by atoms with van der Waals surface area (Å²) >= 11 is 0.0382. The highest BCUT2D eigenvalue weighted by molar-refractivity contribution is 8.16. The van der Waals surface area contributed by atoms with Crippen molar-refractivity contribution in [1.82, 2.24) is 0 Å². The molecule has 0 N–H and O–H groups in total. The summed E-state index contributed by atoms with van der Waals surface area (Å²) in [6.45, 7) is 2.96. The van der Waals surface area contributed by atoms with Gasteiger partial charge in [0.1, 0.15) is 0 Å². The van der Waals surface area contributed by atoms with Crippen molar-refractivity contribution in [3.8, 4) is 0 Å². The van der Waals surface area contributed by atoms with Gasteiger partial charge in [-0.2, -0.15) is 13.2 Å². The van der Waals surface area contributed by atoms with Crippen LogP contribution in [-0.2, 0) is 4.79 Å². The zero-order chi connectivity index (χ0) is 7.49. The van der Waals surface area contributed by atoms with Crippen molar-refractivity contribution < 1.29 is 18.0 Å². The second-order valence-electron chi connectivity index (χ2n) is 1.07. The molecule has 0 saturated heterocycles. The van der Waals surface area contributed by atoms with Crippen molar-refractivity contribution >= 4 is 16.9 Å². The average molecular weight is 156 g/mol. The van der Waals surface area contributed by atoms with Crippen LogP contribution in [0.4, 0.5) is 13.2 Å². The predicted molar refractivity (Wildman–Crippen MR) is 28.9 cm³/mol. The van der Waals surface area contributed by atoms with Crippen LogP contribution in [0.3, 0.4) is 0 Å². The zero-order valence-electron chi connectivity index (χ0n) is 4.23. The van der Waals surface area contributed by atoms with E-state index in [4.69, 9.17) is 0 Å². The highest BCUT2D eigenvalue weighted by Gasteiger charge is 2.37. The first-order chi connectivity index (χ1) is 3.98. The molecular weight excluding hydrogens is 153 g/mol. The third-order valence-corrected chi connectivity index (χ3v) is 1.03. The van der Waals surface area contributed by atoms with Crippen molar-refractivity contribution in [2.75, 3.05) is 0 Å². The quantitative estimate of drug-likeness (QED) is 0.577. The van der Waals surface area contributed by atoms with Crippen molar-refractivity contribution in [3.63, 3.8) is 0 Å². The van der Waals surface area contributed by atoms with Crippen LogP contribution in [0.25, 0.3) is 0 Å². The molecule has 0 amide bonds. The molecule has 0 rings (SSSR count). The van der Waals surface area contributed by atoms with Crippen LogP contribution in [0.15, 0.2) is 12.0 Å². The van der Waals surface area contributed by atoms with Gasteiger partial charge in [0.05, 0.1) is 0 Å². The van der Waals surface area contributed by atoms with Crippen LogP contribution in [-0.4, -0.2) is 11.3 Å². The number of hydrogen-bond acceptors (Lipinski definition) is 2. The van der Waals surface area contributed by atoms with Gasteiger partial charge in [0, 0.05) is 0 Å². The van der Waals surface area contributed by atoms with E-state index >= 15 is 0 Å². The number of carbonyl (C=O) groups excluding carboxylic acids is 1. The molecular formula is C4H3F3OS. The Bertz CT molecular complexity index is 128. The molecule has 0 fully saturated rings. The maximum atomic E-state index is 11.2. The van der Waals surface area contributed by atoms with Crippen LogP contribution in [0, 0.1) is 0 Å². The van der Waals surface area contributed by atoms with E-state index in [1.807, 2.05) is 0 Å². The Morgan fingerprint density at radius 2 is 2.00 bits per heavy atom. The first kappa shape index (κ1) is 8.55. The SMILES string of the molecule is C=CSC(=O)C(F)(F)F. The fraction of sp³-hybridized carbons (Fsp3) is 0.250. The van der Waals surface area contributed by atoms with Crippen LogP contribution >= 0.6 is 11.8 Å². The second-order valence-corrected chi connectivity index (χ2v) is 2.01. The molecule has 52 valence electrons. The van der Waals surface area contributed by atoms with Crippen molar-refractivity contribution in [2.45, 2.75) is 6.18 Å². The highest BCUT2D eigenvalue weighted by atomic mass is 32.2. The molecule has 0 aliphatic heterocycles. The Labute approximate surface area is 53.9 Å². The van der Waals surface area contributed by atoms with Gasteiger partial charge < -0.3 is 0 Å². The Balaban J connectivity index is 3.88. The average Bonchev–Trinajstić information content (AvgIpc) is 1.64. The van der Waals surface area contributed by atoms with Crippen LogP contribution in [0.2, 0.25) is 0 Å². The minimum Gasteiger partial charge on any atom is -0.277 e. The summed E-state index contributed by atoms with van der Waals surface area (Å²) in [5, 5.41) is -0.993. The van der Waals surface area contributed by atoms with Gasteiger partial charge in [0.2, 0.25) is 0 Å². The number of carbonyl (C=O) groups is 1. The lowest BCUT2D eigenvalue weighted by atomic mass is 10.8.